The molecule has 2 N–H and O–H groups in total. The number of carbonyl (C=O) groups excluding carboxylic acids is 4. The van der Waals surface area contributed by atoms with E-state index in [-0.39, 0.29) is 24.7 Å². The van der Waals surface area contributed by atoms with Crippen LogP contribution in [0.5, 0.6) is 5.75 Å². The summed E-state index contributed by atoms with van der Waals surface area (Å²) in [6, 6.07) is 13.1. The third-order valence-electron chi connectivity index (χ3n) is 3.69. The molecule has 152 valence electrons. The van der Waals surface area contributed by atoms with Gasteiger partial charge < -0.3 is 20.1 Å². The molecule has 0 fully saturated rings. The number of anilines is 2. The van der Waals surface area contributed by atoms with Crippen LogP contribution in [0.15, 0.2) is 48.5 Å². The monoisotopic (exact) mass is 398 g/mol. The molecule has 0 unspecified atom stereocenters. The maximum atomic E-state index is 11.8. The van der Waals surface area contributed by atoms with E-state index in [1.165, 1.54) is 13.8 Å². The molecule has 2 aromatic carbocycles. The van der Waals surface area contributed by atoms with Crippen LogP contribution in [-0.4, -0.2) is 36.8 Å². The molecule has 0 aromatic heterocycles. The maximum absolute atomic E-state index is 11.8. The first-order valence-electron chi connectivity index (χ1n) is 8.90. The van der Waals surface area contributed by atoms with Crippen LogP contribution >= 0.6 is 0 Å². The van der Waals surface area contributed by atoms with Crippen LogP contribution in [0.4, 0.5) is 11.4 Å². The fraction of sp³-hybridized carbons (Fsp3) is 0.238. The van der Waals surface area contributed by atoms with E-state index in [2.05, 4.69) is 10.6 Å². The molecular weight excluding hydrogens is 376 g/mol. The molecule has 0 aliphatic carbocycles. The first-order valence-corrected chi connectivity index (χ1v) is 8.90. The summed E-state index contributed by atoms with van der Waals surface area (Å²) in [6.07, 6.45) is -0.0207. The van der Waals surface area contributed by atoms with Crippen molar-refractivity contribution in [2.45, 2.75) is 20.3 Å². The molecule has 0 aliphatic rings. The Bertz CT molecular complexity index is 875. The summed E-state index contributed by atoms with van der Waals surface area (Å²) in [5.74, 6) is -0.746. The van der Waals surface area contributed by atoms with Gasteiger partial charge in [0.25, 0.3) is 5.91 Å². The van der Waals surface area contributed by atoms with Crippen molar-refractivity contribution in [3.05, 3.63) is 54.1 Å². The predicted molar refractivity (Wildman–Crippen MR) is 107 cm³/mol. The summed E-state index contributed by atoms with van der Waals surface area (Å²) in [4.78, 5) is 45.7. The molecule has 0 spiro atoms. The van der Waals surface area contributed by atoms with Crippen molar-refractivity contribution < 1.29 is 28.7 Å². The van der Waals surface area contributed by atoms with Gasteiger partial charge in [-0.05, 0) is 55.5 Å². The lowest BCUT2D eigenvalue weighted by molar-refractivity contribution is -0.147. The van der Waals surface area contributed by atoms with E-state index in [4.69, 9.17) is 9.47 Å². The van der Waals surface area contributed by atoms with E-state index >= 15 is 0 Å². The zero-order chi connectivity index (χ0) is 21.2. The number of Topliss-reactive ketones (excluding diaryl/α,β-unsaturated/α-hetero) is 1. The van der Waals surface area contributed by atoms with Crippen molar-refractivity contribution in [1.29, 1.82) is 0 Å². The Morgan fingerprint density at radius 1 is 0.828 bits per heavy atom. The van der Waals surface area contributed by atoms with Gasteiger partial charge in [-0.25, -0.2) is 0 Å². The van der Waals surface area contributed by atoms with Gasteiger partial charge in [-0.1, -0.05) is 0 Å². The molecule has 29 heavy (non-hydrogen) atoms. The number of ether oxygens (including phenoxy) is 2. The summed E-state index contributed by atoms with van der Waals surface area (Å²) < 4.78 is 10.3. The number of nitrogens with one attached hydrogen (secondary N) is 2. The van der Waals surface area contributed by atoms with Gasteiger partial charge in [-0.15, -0.1) is 0 Å². The molecular formula is C21H22N2O6. The van der Waals surface area contributed by atoms with E-state index in [1.54, 1.807) is 48.5 Å². The topological polar surface area (TPSA) is 111 Å². The first kappa shape index (κ1) is 21.6. The van der Waals surface area contributed by atoms with Crippen LogP contribution in [0, 0.1) is 0 Å². The van der Waals surface area contributed by atoms with Gasteiger partial charge in [-0.3, -0.25) is 19.2 Å². The average Bonchev–Trinajstić information content (AvgIpc) is 2.68. The molecule has 0 aliphatic heterocycles. The van der Waals surface area contributed by atoms with Crippen LogP contribution in [0.1, 0.15) is 30.6 Å². The Hall–Kier alpha value is -3.68. The number of carbonyl (C=O) groups is 4. The number of amides is 2. The Morgan fingerprint density at radius 3 is 1.97 bits per heavy atom. The number of benzene rings is 2. The van der Waals surface area contributed by atoms with Crippen LogP contribution in [0.2, 0.25) is 0 Å². The smallest absolute Gasteiger partial charge is 0.309 e. The number of ketones is 1. The minimum atomic E-state index is -0.568. The minimum absolute atomic E-state index is 0.0207. The van der Waals surface area contributed by atoms with Crippen molar-refractivity contribution in [3.63, 3.8) is 0 Å². The standard InChI is InChI=1S/C21H22N2O6/c1-14(24)16-3-9-19(10-4-16)28-12-11-21(27)29-13-20(26)23-18-7-5-17(6-8-18)22-15(2)25/h3-10H,11-13H2,1-2H3,(H,22,25)(H,23,26). The second kappa shape index (κ2) is 10.6. The first-order chi connectivity index (χ1) is 13.8. The number of esters is 1. The largest absolute Gasteiger partial charge is 0.493 e. The molecule has 0 atom stereocenters. The van der Waals surface area contributed by atoms with Crippen LogP contribution < -0.4 is 15.4 Å². The van der Waals surface area contributed by atoms with Crippen molar-refractivity contribution in [1.82, 2.24) is 0 Å². The van der Waals surface area contributed by atoms with Gasteiger partial charge in [0.05, 0.1) is 13.0 Å². The van der Waals surface area contributed by atoms with Crippen LogP contribution in [-0.2, 0) is 19.1 Å². The van der Waals surface area contributed by atoms with Crippen LogP contribution in [0.25, 0.3) is 0 Å². The van der Waals surface area contributed by atoms with Crippen molar-refractivity contribution in [2.24, 2.45) is 0 Å². The number of hydrogen-bond acceptors (Lipinski definition) is 6. The second-order valence-corrected chi connectivity index (χ2v) is 6.15. The normalized spacial score (nSPS) is 10.0. The van der Waals surface area contributed by atoms with Gasteiger partial charge in [-0.2, -0.15) is 0 Å². The quantitative estimate of drug-likeness (QED) is 0.496. The molecule has 2 amide bonds. The fourth-order valence-corrected chi connectivity index (χ4v) is 2.29. The molecule has 8 heteroatoms. The molecule has 0 radical (unpaired) electrons. The highest BCUT2D eigenvalue weighted by molar-refractivity contribution is 5.94. The van der Waals surface area contributed by atoms with Gasteiger partial charge >= 0.3 is 5.97 Å². The minimum Gasteiger partial charge on any atom is -0.493 e. The fourth-order valence-electron chi connectivity index (χ4n) is 2.29. The molecule has 2 rings (SSSR count). The third kappa shape index (κ3) is 7.84. The zero-order valence-corrected chi connectivity index (χ0v) is 16.2. The summed E-state index contributed by atoms with van der Waals surface area (Å²) in [6.45, 7) is 2.55. The summed E-state index contributed by atoms with van der Waals surface area (Å²) in [7, 11) is 0. The molecule has 8 nitrogen and oxygen atoms in total. The van der Waals surface area contributed by atoms with E-state index in [0.29, 0.717) is 22.7 Å². The van der Waals surface area contributed by atoms with Crippen molar-refractivity contribution in [2.75, 3.05) is 23.8 Å². The maximum Gasteiger partial charge on any atom is 0.309 e. The molecule has 0 saturated heterocycles. The Labute approximate surface area is 168 Å². The lowest BCUT2D eigenvalue weighted by atomic mass is 10.1. The SMILES string of the molecule is CC(=O)Nc1ccc(NC(=O)COC(=O)CCOc2ccc(C(C)=O)cc2)cc1. The lowest BCUT2D eigenvalue weighted by Crippen LogP contribution is -2.21. The molecule has 0 saturated carbocycles. The Morgan fingerprint density at radius 2 is 1.41 bits per heavy atom. The highest BCUT2D eigenvalue weighted by Gasteiger charge is 2.09. The van der Waals surface area contributed by atoms with Gasteiger partial charge in [0.2, 0.25) is 5.91 Å². The number of rotatable bonds is 9. The summed E-state index contributed by atoms with van der Waals surface area (Å²) in [5.41, 5.74) is 1.70. The average molecular weight is 398 g/mol. The lowest BCUT2D eigenvalue weighted by Gasteiger charge is -2.09. The third-order valence-corrected chi connectivity index (χ3v) is 3.69. The Balaban J connectivity index is 1.67. The van der Waals surface area contributed by atoms with Gasteiger partial charge in [0.15, 0.2) is 12.4 Å². The van der Waals surface area contributed by atoms with E-state index in [1.807, 2.05) is 0 Å². The van der Waals surface area contributed by atoms with Gasteiger partial charge in [0.1, 0.15) is 5.75 Å². The van der Waals surface area contributed by atoms with Crippen molar-refractivity contribution >= 4 is 34.9 Å². The Kier molecular flexibility index (Phi) is 7.90. The highest BCUT2D eigenvalue weighted by Crippen LogP contribution is 2.14. The highest BCUT2D eigenvalue weighted by atomic mass is 16.5. The molecule has 0 bridgehead atoms. The van der Waals surface area contributed by atoms with E-state index in [9.17, 15) is 19.2 Å². The van der Waals surface area contributed by atoms with E-state index in [0.717, 1.165) is 0 Å². The summed E-state index contributed by atoms with van der Waals surface area (Å²) in [5, 5.41) is 5.20. The zero-order valence-electron chi connectivity index (χ0n) is 16.2. The van der Waals surface area contributed by atoms with Crippen LogP contribution in [0.3, 0.4) is 0 Å². The molecule has 2 aromatic rings. The number of hydrogen-bond donors (Lipinski definition) is 2. The predicted octanol–water partition coefficient (Wildman–Crippen LogP) is 2.80. The van der Waals surface area contributed by atoms with Crippen molar-refractivity contribution in [3.8, 4) is 5.75 Å². The molecule has 0 heterocycles. The van der Waals surface area contributed by atoms with Gasteiger partial charge in [0, 0.05) is 23.9 Å². The van der Waals surface area contributed by atoms with E-state index < -0.39 is 18.5 Å². The second-order valence-electron chi connectivity index (χ2n) is 6.15. The summed E-state index contributed by atoms with van der Waals surface area (Å²) >= 11 is 0.